The van der Waals surface area contributed by atoms with Crippen LogP contribution in [0.5, 0.6) is 0 Å². The third-order valence-corrected chi connectivity index (χ3v) is 3.44. The van der Waals surface area contributed by atoms with Gasteiger partial charge in [-0.05, 0) is 17.9 Å². The standard InChI is InChI=1S/C15H18N2OS/c1-10(2)8-12-4-6-13(7-5-12)14-9-19-15(17-14)16-11(3)18/h4-7,9-10H,8H2,1-3H3,(H,16,17,18). The van der Waals surface area contributed by atoms with Crippen molar-refractivity contribution in [2.75, 3.05) is 5.32 Å². The normalized spacial score (nSPS) is 10.7. The molecule has 0 aliphatic carbocycles. The molecule has 0 atom stereocenters. The number of anilines is 1. The van der Waals surface area contributed by atoms with Crippen molar-refractivity contribution in [1.29, 1.82) is 0 Å². The SMILES string of the molecule is CC(=O)Nc1nc(-c2ccc(CC(C)C)cc2)cs1. The van der Waals surface area contributed by atoms with E-state index in [0.29, 0.717) is 11.0 Å². The Morgan fingerprint density at radius 2 is 2.00 bits per heavy atom. The molecule has 1 aromatic carbocycles. The molecule has 1 aromatic heterocycles. The summed E-state index contributed by atoms with van der Waals surface area (Å²) in [6.07, 6.45) is 1.09. The van der Waals surface area contributed by atoms with Crippen molar-refractivity contribution in [2.24, 2.45) is 5.92 Å². The molecule has 2 aromatic rings. The van der Waals surface area contributed by atoms with E-state index >= 15 is 0 Å². The average Bonchev–Trinajstić information content (AvgIpc) is 2.76. The number of carbonyl (C=O) groups excluding carboxylic acids is 1. The number of carbonyl (C=O) groups is 1. The summed E-state index contributed by atoms with van der Waals surface area (Å²) in [6, 6.07) is 8.47. The third-order valence-electron chi connectivity index (χ3n) is 2.68. The average molecular weight is 274 g/mol. The smallest absolute Gasteiger partial charge is 0.223 e. The molecule has 0 saturated carbocycles. The number of nitrogens with zero attached hydrogens (tertiary/aromatic N) is 1. The van der Waals surface area contributed by atoms with Crippen LogP contribution >= 0.6 is 11.3 Å². The van der Waals surface area contributed by atoms with Gasteiger partial charge in [0.15, 0.2) is 5.13 Å². The van der Waals surface area contributed by atoms with Crippen LogP contribution in [-0.2, 0) is 11.2 Å². The van der Waals surface area contributed by atoms with Gasteiger partial charge >= 0.3 is 0 Å². The van der Waals surface area contributed by atoms with Gasteiger partial charge in [0.05, 0.1) is 5.69 Å². The second kappa shape index (κ2) is 5.97. The molecule has 0 saturated heterocycles. The topological polar surface area (TPSA) is 42.0 Å². The fourth-order valence-electron chi connectivity index (χ4n) is 1.90. The molecular formula is C15H18N2OS. The van der Waals surface area contributed by atoms with Crippen LogP contribution in [0.2, 0.25) is 0 Å². The maximum Gasteiger partial charge on any atom is 0.223 e. The fraction of sp³-hybridized carbons (Fsp3) is 0.333. The van der Waals surface area contributed by atoms with Gasteiger partial charge in [0.25, 0.3) is 0 Å². The van der Waals surface area contributed by atoms with Crippen molar-refractivity contribution in [3.63, 3.8) is 0 Å². The molecule has 1 N–H and O–H groups in total. The van der Waals surface area contributed by atoms with E-state index in [0.717, 1.165) is 17.7 Å². The van der Waals surface area contributed by atoms with Crippen molar-refractivity contribution >= 4 is 22.4 Å². The van der Waals surface area contributed by atoms with Crippen molar-refractivity contribution < 1.29 is 4.79 Å². The molecule has 0 spiro atoms. The van der Waals surface area contributed by atoms with Gasteiger partial charge in [0, 0.05) is 17.9 Å². The first-order chi connectivity index (χ1) is 9.04. The van der Waals surface area contributed by atoms with E-state index in [1.54, 1.807) is 0 Å². The predicted molar refractivity (Wildman–Crippen MR) is 80.4 cm³/mol. The molecule has 1 amide bonds. The van der Waals surface area contributed by atoms with Crippen LogP contribution in [0, 0.1) is 5.92 Å². The van der Waals surface area contributed by atoms with Crippen LogP contribution in [0.15, 0.2) is 29.6 Å². The Balaban J connectivity index is 2.13. The molecule has 4 heteroatoms. The van der Waals surface area contributed by atoms with E-state index in [2.05, 4.69) is 48.4 Å². The first-order valence-corrected chi connectivity index (χ1v) is 7.25. The van der Waals surface area contributed by atoms with Crippen molar-refractivity contribution in [3.05, 3.63) is 35.2 Å². The Labute approximate surface area is 117 Å². The van der Waals surface area contributed by atoms with Gasteiger partial charge in [-0.15, -0.1) is 11.3 Å². The lowest BCUT2D eigenvalue weighted by Crippen LogP contribution is -2.04. The molecule has 0 radical (unpaired) electrons. The Morgan fingerprint density at radius 3 is 2.58 bits per heavy atom. The maximum atomic E-state index is 11.0. The Kier molecular flexibility index (Phi) is 4.32. The summed E-state index contributed by atoms with van der Waals surface area (Å²) in [5.74, 6) is 0.574. The monoisotopic (exact) mass is 274 g/mol. The van der Waals surface area contributed by atoms with Crippen molar-refractivity contribution in [3.8, 4) is 11.3 Å². The molecule has 0 unspecified atom stereocenters. The molecule has 2 rings (SSSR count). The van der Waals surface area contributed by atoms with E-state index in [4.69, 9.17) is 0 Å². The van der Waals surface area contributed by atoms with Gasteiger partial charge in [-0.2, -0.15) is 0 Å². The Hall–Kier alpha value is -1.68. The fourth-order valence-corrected chi connectivity index (χ4v) is 2.66. The lowest BCUT2D eigenvalue weighted by Gasteiger charge is -2.05. The van der Waals surface area contributed by atoms with Gasteiger partial charge in [-0.25, -0.2) is 4.98 Å². The van der Waals surface area contributed by atoms with Gasteiger partial charge in [0.2, 0.25) is 5.91 Å². The first kappa shape index (κ1) is 13.7. The summed E-state index contributed by atoms with van der Waals surface area (Å²) >= 11 is 1.44. The second-order valence-electron chi connectivity index (χ2n) is 5.01. The second-order valence-corrected chi connectivity index (χ2v) is 5.87. The lowest BCUT2D eigenvalue weighted by atomic mass is 10.0. The molecular weight excluding hydrogens is 256 g/mol. The number of hydrogen-bond donors (Lipinski definition) is 1. The minimum atomic E-state index is -0.0896. The van der Waals surface area contributed by atoms with Crippen LogP contribution in [0.3, 0.4) is 0 Å². The van der Waals surface area contributed by atoms with Crippen LogP contribution in [0.1, 0.15) is 26.3 Å². The molecule has 0 bridgehead atoms. The summed E-state index contributed by atoms with van der Waals surface area (Å²) in [7, 11) is 0. The number of hydrogen-bond acceptors (Lipinski definition) is 3. The lowest BCUT2D eigenvalue weighted by molar-refractivity contribution is -0.114. The highest BCUT2D eigenvalue weighted by Gasteiger charge is 2.06. The highest BCUT2D eigenvalue weighted by molar-refractivity contribution is 7.14. The minimum Gasteiger partial charge on any atom is -0.302 e. The van der Waals surface area contributed by atoms with Gasteiger partial charge in [-0.3, -0.25) is 4.79 Å². The number of aromatic nitrogens is 1. The summed E-state index contributed by atoms with van der Waals surface area (Å²) in [5, 5.41) is 5.31. The molecule has 1 heterocycles. The van der Waals surface area contributed by atoms with Crippen LogP contribution in [0.25, 0.3) is 11.3 Å². The number of amides is 1. The highest BCUT2D eigenvalue weighted by Crippen LogP contribution is 2.25. The van der Waals surface area contributed by atoms with Crippen molar-refractivity contribution in [1.82, 2.24) is 4.98 Å². The van der Waals surface area contributed by atoms with E-state index in [1.165, 1.54) is 23.8 Å². The quantitative estimate of drug-likeness (QED) is 0.916. The first-order valence-electron chi connectivity index (χ1n) is 6.37. The zero-order chi connectivity index (χ0) is 13.8. The summed E-state index contributed by atoms with van der Waals surface area (Å²) < 4.78 is 0. The van der Waals surface area contributed by atoms with Gasteiger partial charge in [0.1, 0.15) is 0 Å². The van der Waals surface area contributed by atoms with Gasteiger partial charge < -0.3 is 5.32 Å². The number of rotatable bonds is 4. The highest BCUT2D eigenvalue weighted by atomic mass is 32.1. The number of benzene rings is 1. The zero-order valence-electron chi connectivity index (χ0n) is 11.4. The zero-order valence-corrected chi connectivity index (χ0v) is 12.3. The Bertz CT molecular complexity index is 558. The third kappa shape index (κ3) is 3.89. The maximum absolute atomic E-state index is 11.0. The summed E-state index contributed by atoms with van der Waals surface area (Å²) in [6.45, 7) is 5.92. The summed E-state index contributed by atoms with van der Waals surface area (Å²) in [5.41, 5.74) is 3.33. The van der Waals surface area contributed by atoms with Gasteiger partial charge in [-0.1, -0.05) is 38.1 Å². The molecule has 19 heavy (non-hydrogen) atoms. The van der Waals surface area contributed by atoms with Crippen LogP contribution in [0.4, 0.5) is 5.13 Å². The largest absolute Gasteiger partial charge is 0.302 e. The van der Waals surface area contributed by atoms with E-state index < -0.39 is 0 Å². The van der Waals surface area contributed by atoms with E-state index in [9.17, 15) is 4.79 Å². The molecule has 100 valence electrons. The minimum absolute atomic E-state index is 0.0896. The molecule has 0 fully saturated rings. The predicted octanol–water partition coefficient (Wildman–Crippen LogP) is 3.97. The number of nitrogens with one attached hydrogen (secondary N) is 1. The van der Waals surface area contributed by atoms with E-state index in [1.807, 2.05) is 5.38 Å². The Morgan fingerprint density at radius 1 is 1.32 bits per heavy atom. The molecule has 3 nitrogen and oxygen atoms in total. The van der Waals surface area contributed by atoms with Crippen LogP contribution < -0.4 is 5.32 Å². The molecule has 0 aliphatic rings. The van der Waals surface area contributed by atoms with Crippen LogP contribution in [-0.4, -0.2) is 10.9 Å². The number of thiazole rings is 1. The van der Waals surface area contributed by atoms with E-state index in [-0.39, 0.29) is 5.91 Å². The summed E-state index contributed by atoms with van der Waals surface area (Å²) in [4.78, 5) is 15.4. The van der Waals surface area contributed by atoms with Crippen molar-refractivity contribution in [2.45, 2.75) is 27.2 Å². The molecule has 0 aliphatic heterocycles.